The largest absolute Gasteiger partial charge is 0.0620 e. The third-order valence-electron chi connectivity index (χ3n) is 17.7. The van der Waals surface area contributed by atoms with Crippen molar-refractivity contribution in [2.75, 3.05) is 0 Å². The first-order valence-corrected chi connectivity index (χ1v) is 33.9. The molecule has 0 radical (unpaired) electrons. The Kier molecular flexibility index (Phi) is 27.9. The highest BCUT2D eigenvalue weighted by atomic mass is 14.1. The predicted molar refractivity (Wildman–Crippen MR) is 428 cm³/mol. The molecule has 0 atom stereocenters. The van der Waals surface area contributed by atoms with Crippen LogP contribution in [0.4, 0.5) is 0 Å². The van der Waals surface area contributed by atoms with Crippen LogP contribution in [0.1, 0.15) is 100 Å². The van der Waals surface area contributed by atoms with E-state index < -0.39 is 0 Å². The molecule has 0 aliphatic heterocycles. The molecule has 0 nitrogen and oxygen atoms in total. The van der Waals surface area contributed by atoms with E-state index >= 15 is 0 Å². The van der Waals surface area contributed by atoms with Crippen molar-refractivity contribution in [3.63, 3.8) is 0 Å². The van der Waals surface area contributed by atoms with E-state index in [0.29, 0.717) is 0 Å². The maximum absolute atomic E-state index is 2.24. The van der Waals surface area contributed by atoms with E-state index in [1.54, 1.807) is 0 Å². The second-order valence-corrected chi connectivity index (χ2v) is 26.0. The van der Waals surface area contributed by atoms with Gasteiger partial charge in [0.05, 0.1) is 0 Å². The van der Waals surface area contributed by atoms with Gasteiger partial charge in [-0.2, -0.15) is 0 Å². The summed E-state index contributed by atoms with van der Waals surface area (Å²) in [5.74, 6) is 0. The monoisotopic (exact) mass is 1250 g/mol. The molecule has 0 amide bonds. The number of fused-ring (bicyclic) bond motifs is 6. The molecule has 0 unspecified atom stereocenters. The van der Waals surface area contributed by atoms with Gasteiger partial charge in [0.1, 0.15) is 0 Å². The van der Waals surface area contributed by atoms with Crippen molar-refractivity contribution in [3.05, 3.63) is 391 Å². The number of rotatable bonds is 0. The van der Waals surface area contributed by atoms with Gasteiger partial charge < -0.3 is 0 Å². The molecule has 15 aromatic rings. The molecular weight excluding hydrogens is 1150 g/mol. The van der Waals surface area contributed by atoms with Gasteiger partial charge in [0.25, 0.3) is 0 Å². The SMILES string of the molecule is Cc1cc(C)c2ccccc2c1.Cc1ccc(C)c2ccccc12.Cc1ccc(C)cc1.Cc1ccc2c(C)cccc2c1.Cc1ccc2cccc(C)c2c1.Cc1ccc2ccccc2c1C.Cc1cccc(C)c1.Cc1cccc2c(C)cccc12.Cc1ccccc1C. The molecule has 0 spiro atoms. The highest BCUT2D eigenvalue weighted by Gasteiger charge is 2.02. The minimum Gasteiger partial charge on any atom is -0.0620 e. The first-order valence-electron chi connectivity index (χ1n) is 33.9. The first-order chi connectivity index (χ1) is 46.1. The molecule has 0 aliphatic carbocycles. The van der Waals surface area contributed by atoms with E-state index in [-0.39, 0.29) is 0 Å². The fraction of sp³-hybridized carbons (Fsp3) is 0.188. The summed E-state index contributed by atoms with van der Waals surface area (Å²) in [7, 11) is 0. The Bertz CT molecular complexity index is 4720. The Morgan fingerprint density at radius 1 is 0.125 bits per heavy atom. The normalized spacial score (nSPS) is 10.2. The van der Waals surface area contributed by atoms with Crippen LogP contribution in [0.2, 0.25) is 0 Å². The molecule has 15 aromatic carbocycles. The molecule has 486 valence electrons. The van der Waals surface area contributed by atoms with Crippen LogP contribution in [0.3, 0.4) is 0 Å². The average Bonchev–Trinajstić information content (AvgIpc) is 0.917. The maximum Gasteiger partial charge on any atom is -0.0152 e. The molecule has 15 rings (SSSR count). The smallest absolute Gasteiger partial charge is 0.0152 e. The third kappa shape index (κ3) is 22.0. The second-order valence-electron chi connectivity index (χ2n) is 26.0. The molecule has 0 heteroatoms. The van der Waals surface area contributed by atoms with Crippen molar-refractivity contribution in [2.24, 2.45) is 0 Å². The Labute approximate surface area is 577 Å². The number of hydrogen-bond acceptors (Lipinski definition) is 0. The fourth-order valence-corrected chi connectivity index (χ4v) is 11.7. The van der Waals surface area contributed by atoms with Crippen LogP contribution in [0.15, 0.2) is 291 Å². The van der Waals surface area contributed by atoms with Gasteiger partial charge in [-0.25, -0.2) is 0 Å². The van der Waals surface area contributed by atoms with Crippen LogP contribution >= 0.6 is 0 Å². The zero-order chi connectivity index (χ0) is 69.3. The summed E-state index contributed by atoms with van der Waals surface area (Å²) in [6.07, 6.45) is 0. The van der Waals surface area contributed by atoms with Crippen molar-refractivity contribution < 1.29 is 0 Å². The van der Waals surface area contributed by atoms with Crippen LogP contribution in [-0.2, 0) is 0 Å². The van der Waals surface area contributed by atoms with E-state index in [9.17, 15) is 0 Å². The van der Waals surface area contributed by atoms with Gasteiger partial charge in [0, 0.05) is 0 Å². The molecule has 0 heterocycles. The number of hydrogen-bond donors (Lipinski definition) is 0. The third-order valence-corrected chi connectivity index (χ3v) is 17.7. The van der Waals surface area contributed by atoms with Crippen molar-refractivity contribution in [1.29, 1.82) is 0 Å². The van der Waals surface area contributed by atoms with Crippen LogP contribution < -0.4 is 0 Å². The van der Waals surface area contributed by atoms with Crippen molar-refractivity contribution in [1.82, 2.24) is 0 Å². The van der Waals surface area contributed by atoms with Crippen molar-refractivity contribution in [2.45, 2.75) is 125 Å². The lowest BCUT2D eigenvalue weighted by Gasteiger charge is -2.04. The van der Waals surface area contributed by atoms with Gasteiger partial charge in [0.2, 0.25) is 0 Å². The molecule has 0 fully saturated rings. The van der Waals surface area contributed by atoms with E-state index in [1.165, 1.54) is 165 Å². The Morgan fingerprint density at radius 2 is 0.417 bits per heavy atom. The van der Waals surface area contributed by atoms with Gasteiger partial charge in [-0.05, 0) is 250 Å². The second kappa shape index (κ2) is 36.5. The molecule has 0 saturated heterocycles. The topological polar surface area (TPSA) is 0 Å². The lowest BCUT2D eigenvalue weighted by atomic mass is 10.0. The molecule has 0 bridgehead atoms. The Morgan fingerprint density at radius 3 is 0.917 bits per heavy atom. The molecule has 0 saturated carbocycles. The van der Waals surface area contributed by atoms with Gasteiger partial charge in [0.15, 0.2) is 0 Å². The van der Waals surface area contributed by atoms with Gasteiger partial charge in [-0.15, -0.1) is 0 Å². The van der Waals surface area contributed by atoms with E-state index in [2.05, 4.69) is 416 Å². The van der Waals surface area contributed by atoms with E-state index in [1.807, 2.05) is 0 Å². The standard InChI is InChI=1S/6C12H12.3C8H10/c1-9-5-3-8-12-10(2)6-4-7-11(9)12;1-9-6-7-12-10(2)4-3-5-11(12)8-9;1-9-6-7-11-5-3-4-10(2)12(11)8-9;1-9-7-10(2)12-6-4-3-5-11(12)8-9;1-9-7-8-11-5-3-4-6-12(11)10(9)2;1-9-7-8-10(2)12-6-4-3-5-11(9)12;1-7-3-5-8(2)6-4-7;1-7-4-3-5-8(2)6-7;1-7-5-3-4-6-8(7)2/h6*3-8H,1-2H3;3*3-6H,1-2H3. The Balaban J connectivity index is 0.000000153. The highest BCUT2D eigenvalue weighted by Crippen LogP contribution is 2.25. The Hall–Kier alpha value is -10.1. The minimum atomic E-state index is 1.33. The van der Waals surface area contributed by atoms with Crippen molar-refractivity contribution >= 4 is 64.6 Å². The van der Waals surface area contributed by atoms with Crippen LogP contribution in [0, 0.1) is 125 Å². The molecule has 0 aliphatic rings. The molecule has 0 aromatic heterocycles. The lowest BCUT2D eigenvalue weighted by molar-refractivity contribution is 1.34. The molecule has 96 heavy (non-hydrogen) atoms. The summed E-state index contributed by atoms with van der Waals surface area (Å²) in [5, 5.41) is 16.3. The summed E-state index contributed by atoms with van der Waals surface area (Å²) in [6.45, 7) is 38.5. The number of benzene rings is 15. The quantitative estimate of drug-likeness (QED) is 0.142. The van der Waals surface area contributed by atoms with Gasteiger partial charge in [-0.3, -0.25) is 0 Å². The summed E-state index contributed by atoms with van der Waals surface area (Å²) in [6, 6.07) is 103. The highest BCUT2D eigenvalue weighted by molar-refractivity contribution is 5.91. The van der Waals surface area contributed by atoms with Crippen LogP contribution in [-0.4, -0.2) is 0 Å². The zero-order valence-electron chi connectivity index (χ0n) is 60.7. The summed E-state index contributed by atoms with van der Waals surface area (Å²) in [4.78, 5) is 0. The van der Waals surface area contributed by atoms with E-state index in [0.717, 1.165) is 0 Å². The first kappa shape index (κ1) is 73.3. The summed E-state index contributed by atoms with van der Waals surface area (Å²) >= 11 is 0. The average molecular weight is 1260 g/mol. The summed E-state index contributed by atoms with van der Waals surface area (Å²) < 4.78 is 0. The van der Waals surface area contributed by atoms with Gasteiger partial charge in [-0.1, -0.05) is 330 Å². The predicted octanol–water partition coefficient (Wildman–Crippen LogP) is 27.7. The fourth-order valence-electron chi connectivity index (χ4n) is 11.7. The van der Waals surface area contributed by atoms with Crippen LogP contribution in [0.5, 0.6) is 0 Å². The van der Waals surface area contributed by atoms with E-state index in [4.69, 9.17) is 0 Å². The minimum absolute atomic E-state index is 1.33. The zero-order valence-corrected chi connectivity index (χ0v) is 60.7. The molecule has 0 N–H and O–H groups in total. The van der Waals surface area contributed by atoms with Crippen molar-refractivity contribution in [3.8, 4) is 0 Å². The van der Waals surface area contributed by atoms with Gasteiger partial charge >= 0.3 is 0 Å². The molecular formula is C96H102. The number of aryl methyl sites for hydroxylation is 18. The summed E-state index contributed by atoms with van der Waals surface area (Å²) in [5.41, 5.74) is 24.3. The lowest BCUT2D eigenvalue weighted by Crippen LogP contribution is -1.82. The maximum atomic E-state index is 2.24. The van der Waals surface area contributed by atoms with Crippen LogP contribution in [0.25, 0.3) is 64.6 Å².